The van der Waals surface area contributed by atoms with Crippen molar-refractivity contribution in [2.45, 2.75) is 6.42 Å². The molecule has 0 aliphatic rings. The maximum atomic E-state index is 11.2. The van der Waals surface area contributed by atoms with E-state index in [-0.39, 0.29) is 12.3 Å². The summed E-state index contributed by atoms with van der Waals surface area (Å²) in [5.74, 6) is -0.334. The first-order chi connectivity index (χ1) is 14.1. The molecule has 5 nitrogen and oxygen atoms in total. The van der Waals surface area contributed by atoms with Gasteiger partial charge in [-0.05, 0) is 47.5 Å². The predicted octanol–water partition coefficient (Wildman–Crippen LogP) is 4.53. The molecule has 0 aliphatic heterocycles. The summed E-state index contributed by atoms with van der Waals surface area (Å²) in [5.41, 5.74) is 11.2. The van der Waals surface area contributed by atoms with Gasteiger partial charge < -0.3 is 10.6 Å². The van der Waals surface area contributed by atoms with E-state index in [4.69, 9.17) is 5.73 Å². The van der Waals surface area contributed by atoms with E-state index in [0.29, 0.717) is 0 Å². The molecule has 1 heterocycles. The monoisotopic (exact) mass is 382 g/mol. The first kappa shape index (κ1) is 18.5. The molecule has 5 heteroatoms. The molecule has 1 aromatic heterocycles. The number of H-pyrrole nitrogens is 1. The van der Waals surface area contributed by atoms with Crippen LogP contribution < -0.4 is 10.6 Å². The molecule has 4 rings (SSSR count). The molecular formula is C24H22N4O. The molecule has 0 atom stereocenters. The number of aromatic amines is 1. The molecule has 0 bridgehead atoms. The minimum Gasteiger partial charge on any atom is -0.369 e. The first-order valence-electron chi connectivity index (χ1n) is 9.42. The van der Waals surface area contributed by atoms with E-state index in [1.807, 2.05) is 55.6 Å². The third-order valence-electron chi connectivity index (χ3n) is 4.87. The van der Waals surface area contributed by atoms with Crippen LogP contribution in [-0.4, -0.2) is 23.2 Å². The highest BCUT2D eigenvalue weighted by Gasteiger charge is 2.09. The van der Waals surface area contributed by atoms with Gasteiger partial charge in [-0.2, -0.15) is 5.10 Å². The second kappa shape index (κ2) is 8.02. The van der Waals surface area contributed by atoms with Crippen molar-refractivity contribution in [1.82, 2.24) is 10.2 Å². The molecule has 0 saturated heterocycles. The Morgan fingerprint density at radius 3 is 2.59 bits per heavy atom. The Morgan fingerprint density at radius 2 is 1.79 bits per heavy atom. The van der Waals surface area contributed by atoms with Crippen molar-refractivity contribution < 1.29 is 4.79 Å². The summed E-state index contributed by atoms with van der Waals surface area (Å²) < 4.78 is 0. The van der Waals surface area contributed by atoms with E-state index in [1.54, 1.807) is 0 Å². The van der Waals surface area contributed by atoms with Gasteiger partial charge in [-0.3, -0.25) is 9.89 Å². The molecule has 4 aromatic rings. The second-order valence-corrected chi connectivity index (χ2v) is 6.95. The van der Waals surface area contributed by atoms with E-state index in [2.05, 4.69) is 51.5 Å². The number of nitrogens with one attached hydrogen (secondary N) is 1. The second-order valence-electron chi connectivity index (χ2n) is 6.95. The number of anilines is 2. The lowest BCUT2D eigenvalue weighted by Crippen LogP contribution is -2.14. The van der Waals surface area contributed by atoms with Crippen molar-refractivity contribution >= 4 is 40.3 Å². The number of amides is 1. The van der Waals surface area contributed by atoms with Gasteiger partial charge in [-0.1, -0.05) is 48.5 Å². The van der Waals surface area contributed by atoms with Crippen LogP contribution in [0.15, 0.2) is 72.8 Å². The van der Waals surface area contributed by atoms with Crippen LogP contribution in [0.2, 0.25) is 0 Å². The number of fused-ring (bicyclic) bond motifs is 1. The Balaban J connectivity index is 1.60. The number of primary amides is 1. The summed E-state index contributed by atoms with van der Waals surface area (Å²) in [6, 6.07) is 24.2. The van der Waals surface area contributed by atoms with Crippen molar-refractivity contribution in [3.63, 3.8) is 0 Å². The molecule has 0 radical (unpaired) electrons. The summed E-state index contributed by atoms with van der Waals surface area (Å²) >= 11 is 0. The van der Waals surface area contributed by atoms with Crippen molar-refractivity contribution in [2.24, 2.45) is 5.73 Å². The highest BCUT2D eigenvalue weighted by molar-refractivity contribution is 5.91. The minimum absolute atomic E-state index is 0.234. The minimum atomic E-state index is -0.334. The van der Waals surface area contributed by atoms with Gasteiger partial charge in [0, 0.05) is 23.8 Å². The highest BCUT2D eigenvalue weighted by Crippen LogP contribution is 2.28. The van der Waals surface area contributed by atoms with Crippen LogP contribution in [0.1, 0.15) is 16.8 Å². The number of benzene rings is 3. The van der Waals surface area contributed by atoms with Gasteiger partial charge in [0.25, 0.3) is 0 Å². The molecular weight excluding hydrogens is 360 g/mol. The average Bonchev–Trinajstić information content (AvgIpc) is 3.14. The first-order valence-corrected chi connectivity index (χ1v) is 9.42. The number of aromatic nitrogens is 2. The molecule has 0 unspecified atom stereocenters. The Hall–Kier alpha value is -3.86. The summed E-state index contributed by atoms with van der Waals surface area (Å²) in [7, 11) is 2.00. The fraction of sp³-hybridized carbons (Fsp3) is 0.0833. The number of nitrogens with two attached hydrogens (primary N) is 1. The lowest BCUT2D eigenvalue weighted by molar-refractivity contribution is -0.117. The quantitative estimate of drug-likeness (QED) is 0.514. The maximum absolute atomic E-state index is 11.2. The van der Waals surface area contributed by atoms with Crippen molar-refractivity contribution in [3.05, 3.63) is 89.6 Å². The topological polar surface area (TPSA) is 75.0 Å². The van der Waals surface area contributed by atoms with E-state index in [9.17, 15) is 4.79 Å². The van der Waals surface area contributed by atoms with Gasteiger partial charge >= 0.3 is 0 Å². The van der Waals surface area contributed by atoms with Gasteiger partial charge in [0.05, 0.1) is 17.6 Å². The molecule has 29 heavy (non-hydrogen) atoms. The summed E-state index contributed by atoms with van der Waals surface area (Å²) in [6.07, 6.45) is 4.31. The lowest BCUT2D eigenvalue weighted by Gasteiger charge is -2.20. The lowest BCUT2D eigenvalue weighted by atomic mass is 10.1. The zero-order valence-corrected chi connectivity index (χ0v) is 16.2. The van der Waals surface area contributed by atoms with Crippen LogP contribution in [0.5, 0.6) is 0 Å². The number of hydrogen-bond acceptors (Lipinski definition) is 3. The summed E-state index contributed by atoms with van der Waals surface area (Å²) in [4.78, 5) is 13.3. The maximum Gasteiger partial charge on any atom is 0.221 e. The predicted molar refractivity (Wildman–Crippen MR) is 119 cm³/mol. The van der Waals surface area contributed by atoms with E-state index in [0.717, 1.165) is 39.1 Å². The summed E-state index contributed by atoms with van der Waals surface area (Å²) in [5, 5.41) is 8.63. The van der Waals surface area contributed by atoms with Gasteiger partial charge in [-0.15, -0.1) is 0 Å². The molecule has 1 amide bonds. The molecule has 0 fully saturated rings. The SMILES string of the molecule is CN(c1cccc(CC(N)=O)c1)c1ccc2c(C=Cc3ccccc3)n[nH]c2c1. The molecule has 3 aromatic carbocycles. The van der Waals surface area contributed by atoms with Crippen LogP contribution >= 0.6 is 0 Å². The number of nitrogens with zero attached hydrogens (tertiary/aromatic N) is 2. The third kappa shape index (κ3) is 4.19. The number of rotatable bonds is 6. The fourth-order valence-electron chi connectivity index (χ4n) is 3.33. The van der Waals surface area contributed by atoms with Crippen LogP contribution in [-0.2, 0) is 11.2 Å². The van der Waals surface area contributed by atoms with E-state index in [1.165, 1.54) is 0 Å². The Morgan fingerprint density at radius 1 is 1.00 bits per heavy atom. The molecule has 0 aliphatic carbocycles. The van der Waals surface area contributed by atoms with Crippen molar-refractivity contribution in [3.8, 4) is 0 Å². The van der Waals surface area contributed by atoms with Crippen LogP contribution in [0.25, 0.3) is 23.1 Å². The molecule has 144 valence electrons. The standard InChI is InChI=1S/C24H22N4O/c1-28(19-9-5-8-18(14-19)15-24(25)29)20-11-12-21-22(26-27-23(21)16-20)13-10-17-6-3-2-4-7-17/h2-14,16H,15H2,1H3,(H2,25,29)(H,26,27). The third-order valence-corrected chi connectivity index (χ3v) is 4.87. The number of carbonyl (C=O) groups excluding carboxylic acids is 1. The van der Waals surface area contributed by atoms with Crippen molar-refractivity contribution in [1.29, 1.82) is 0 Å². The largest absolute Gasteiger partial charge is 0.369 e. The van der Waals surface area contributed by atoms with Crippen LogP contribution in [0.4, 0.5) is 11.4 Å². The fourth-order valence-corrected chi connectivity index (χ4v) is 3.33. The summed E-state index contributed by atoms with van der Waals surface area (Å²) in [6.45, 7) is 0. The van der Waals surface area contributed by atoms with Gasteiger partial charge in [-0.25, -0.2) is 0 Å². The average molecular weight is 382 g/mol. The van der Waals surface area contributed by atoms with Crippen LogP contribution in [0, 0.1) is 0 Å². The number of hydrogen-bond donors (Lipinski definition) is 2. The van der Waals surface area contributed by atoms with Gasteiger partial charge in [0.1, 0.15) is 0 Å². The van der Waals surface area contributed by atoms with Gasteiger partial charge in [0.15, 0.2) is 0 Å². The molecule has 0 spiro atoms. The van der Waals surface area contributed by atoms with Crippen LogP contribution in [0.3, 0.4) is 0 Å². The Labute approximate surface area is 169 Å². The number of carbonyl (C=O) groups is 1. The molecule has 3 N–H and O–H groups in total. The molecule has 0 saturated carbocycles. The highest BCUT2D eigenvalue weighted by atomic mass is 16.1. The normalized spacial score (nSPS) is 11.2. The van der Waals surface area contributed by atoms with Gasteiger partial charge in [0.2, 0.25) is 5.91 Å². The Kier molecular flexibility index (Phi) is 5.12. The Bertz CT molecular complexity index is 1180. The van der Waals surface area contributed by atoms with E-state index < -0.39 is 0 Å². The smallest absolute Gasteiger partial charge is 0.221 e. The zero-order valence-electron chi connectivity index (χ0n) is 16.2. The van der Waals surface area contributed by atoms with Crippen molar-refractivity contribution in [2.75, 3.05) is 11.9 Å². The zero-order chi connectivity index (χ0) is 20.2. The van der Waals surface area contributed by atoms with E-state index >= 15 is 0 Å².